The first kappa shape index (κ1) is 25.0. The zero-order chi connectivity index (χ0) is 24.2. The van der Waals surface area contributed by atoms with Crippen molar-refractivity contribution in [2.45, 2.75) is 32.1 Å². The number of hydrogen-bond acceptors (Lipinski definition) is 4. The number of nitrogens with one attached hydrogen (secondary N) is 2. The van der Waals surface area contributed by atoms with E-state index in [-0.39, 0.29) is 30.6 Å². The molecule has 0 atom stereocenters. The quantitative estimate of drug-likeness (QED) is 0.266. The average molecular weight is 479 g/mol. The number of rotatable bonds is 11. The van der Waals surface area contributed by atoms with Crippen molar-refractivity contribution in [2.75, 3.05) is 17.2 Å². The van der Waals surface area contributed by atoms with Crippen LogP contribution in [0.5, 0.6) is 0 Å². The van der Waals surface area contributed by atoms with E-state index in [1.807, 2.05) is 30.3 Å². The number of benzene rings is 3. The van der Waals surface area contributed by atoms with E-state index < -0.39 is 0 Å². The second-order valence-corrected chi connectivity index (χ2v) is 8.19. The van der Waals surface area contributed by atoms with Crippen LogP contribution in [0.4, 0.5) is 11.4 Å². The zero-order valence-electron chi connectivity index (χ0n) is 18.8. The van der Waals surface area contributed by atoms with Crippen molar-refractivity contribution in [3.8, 4) is 0 Å². The van der Waals surface area contributed by atoms with Gasteiger partial charge in [0.25, 0.3) is 5.91 Å². The van der Waals surface area contributed by atoms with Gasteiger partial charge in [0.05, 0.1) is 6.61 Å². The lowest BCUT2D eigenvalue weighted by molar-refractivity contribution is -0.143. The number of anilines is 2. The lowest BCUT2D eigenvalue weighted by atomic mass is 10.1. The molecule has 0 aromatic heterocycles. The third kappa shape index (κ3) is 8.71. The van der Waals surface area contributed by atoms with Crippen LogP contribution in [-0.2, 0) is 20.7 Å². The average Bonchev–Trinajstić information content (AvgIpc) is 2.83. The van der Waals surface area contributed by atoms with Crippen molar-refractivity contribution in [3.63, 3.8) is 0 Å². The van der Waals surface area contributed by atoms with E-state index in [0.717, 1.165) is 12.8 Å². The van der Waals surface area contributed by atoms with E-state index in [4.69, 9.17) is 16.3 Å². The number of carbonyl (C=O) groups excluding carboxylic acids is 3. The summed E-state index contributed by atoms with van der Waals surface area (Å²) in [5.74, 6) is -0.849. The van der Waals surface area contributed by atoms with Gasteiger partial charge < -0.3 is 15.4 Å². The number of aryl methyl sites for hydroxylation is 1. The minimum Gasteiger partial charge on any atom is -0.466 e. The summed E-state index contributed by atoms with van der Waals surface area (Å²) in [7, 11) is 0. The van der Waals surface area contributed by atoms with Gasteiger partial charge in [0.2, 0.25) is 5.91 Å². The highest BCUT2D eigenvalue weighted by molar-refractivity contribution is 6.31. The fourth-order valence-electron chi connectivity index (χ4n) is 3.30. The molecule has 3 rings (SSSR count). The van der Waals surface area contributed by atoms with Gasteiger partial charge in [-0.2, -0.15) is 0 Å². The first-order valence-electron chi connectivity index (χ1n) is 11.2. The molecule has 0 spiro atoms. The van der Waals surface area contributed by atoms with E-state index >= 15 is 0 Å². The predicted octanol–water partition coefficient (Wildman–Crippen LogP) is 5.88. The zero-order valence-corrected chi connectivity index (χ0v) is 19.5. The topological polar surface area (TPSA) is 84.5 Å². The van der Waals surface area contributed by atoms with E-state index in [2.05, 4.69) is 10.6 Å². The van der Waals surface area contributed by atoms with Gasteiger partial charge in [-0.3, -0.25) is 14.4 Å². The Bertz CT molecular complexity index is 1120. The molecule has 0 saturated heterocycles. The van der Waals surface area contributed by atoms with E-state index in [9.17, 15) is 14.4 Å². The molecule has 3 aromatic carbocycles. The Labute approximate surface area is 204 Å². The monoisotopic (exact) mass is 478 g/mol. The lowest BCUT2D eigenvalue weighted by Crippen LogP contribution is -2.15. The maximum Gasteiger partial charge on any atom is 0.305 e. The van der Waals surface area contributed by atoms with Crippen LogP contribution >= 0.6 is 11.6 Å². The van der Waals surface area contributed by atoms with Crippen LogP contribution in [0.15, 0.2) is 78.9 Å². The molecule has 0 unspecified atom stereocenters. The van der Waals surface area contributed by atoms with Crippen LogP contribution < -0.4 is 10.6 Å². The van der Waals surface area contributed by atoms with Crippen molar-refractivity contribution in [3.05, 3.63) is 95.0 Å². The molecule has 0 saturated carbocycles. The van der Waals surface area contributed by atoms with Crippen molar-refractivity contribution in [2.24, 2.45) is 0 Å². The van der Waals surface area contributed by atoms with E-state index in [1.54, 1.807) is 48.5 Å². The Morgan fingerprint density at radius 2 is 1.50 bits per heavy atom. The van der Waals surface area contributed by atoms with Gasteiger partial charge in [-0.05, 0) is 61.2 Å². The summed E-state index contributed by atoms with van der Waals surface area (Å²) in [4.78, 5) is 36.6. The molecular weight excluding hydrogens is 452 g/mol. The van der Waals surface area contributed by atoms with E-state index in [0.29, 0.717) is 35.0 Å². The first-order chi connectivity index (χ1) is 16.5. The smallest absolute Gasteiger partial charge is 0.305 e. The molecule has 0 bridgehead atoms. The molecule has 0 aliphatic carbocycles. The summed E-state index contributed by atoms with van der Waals surface area (Å²) in [5.41, 5.74) is 2.70. The van der Waals surface area contributed by atoms with Gasteiger partial charge >= 0.3 is 5.97 Å². The Balaban J connectivity index is 1.36. The molecule has 176 valence electrons. The molecule has 0 radical (unpaired) electrons. The standard InChI is InChI=1S/C27H27ClN2O4/c28-22-12-5-14-24(19-22)30-27(33)21-11-4-13-23(18-21)29-25(31)15-6-16-26(32)34-17-7-10-20-8-2-1-3-9-20/h1-5,8-9,11-14,18-19H,6-7,10,15-17H2,(H,29,31)(H,30,33). The molecule has 0 heterocycles. The second kappa shape index (κ2) is 13.2. The van der Waals surface area contributed by atoms with Crippen molar-refractivity contribution >= 4 is 40.8 Å². The SMILES string of the molecule is O=C(CCCC(=O)OCCCc1ccccc1)Nc1cccc(C(=O)Nc2cccc(Cl)c2)c1. The number of halogens is 1. The molecule has 6 nitrogen and oxygen atoms in total. The van der Waals surface area contributed by atoms with Gasteiger partial charge in [-0.1, -0.05) is 54.1 Å². The van der Waals surface area contributed by atoms with Crippen molar-refractivity contribution in [1.29, 1.82) is 0 Å². The largest absolute Gasteiger partial charge is 0.466 e. The molecule has 7 heteroatoms. The van der Waals surface area contributed by atoms with Crippen LogP contribution in [0, 0.1) is 0 Å². The van der Waals surface area contributed by atoms with Gasteiger partial charge in [-0.15, -0.1) is 0 Å². The first-order valence-corrected chi connectivity index (χ1v) is 11.5. The van der Waals surface area contributed by atoms with Crippen LogP contribution in [-0.4, -0.2) is 24.4 Å². The fraction of sp³-hybridized carbons (Fsp3) is 0.222. The Kier molecular flexibility index (Phi) is 9.67. The fourth-order valence-corrected chi connectivity index (χ4v) is 3.49. The summed E-state index contributed by atoms with van der Waals surface area (Å²) in [6, 6.07) is 23.5. The van der Waals surface area contributed by atoms with Gasteiger partial charge in [-0.25, -0.2) is 0 Å². The summed E-state index contributed by atoms with van der Waals surface area (Å²) < 4.78 is 5.24. The van der Waals surface area contributed by atoms with Crippen LogP contribution in [0.3, 0.4) is 0 Å². The number of carbonyl (C=O) groups is 3. The second-order valence-electron chi connectivity index (χ2n) is 7.76. The molecule has 0 aliphatic rings. The van der Waals surface area contributed by atoms with Crippen LogP contribution in [0.2, 0.25) is 5.02 Å². The molecule has 3 aromatic rings. The molecule has 0 aliphatic heterocycles. The maximum atomic E-state index is 12.5. The van der Waals surface area contributed by atoms with Gasteiger partial charge in [0.1, 0.15) is 0 Å². The molecule has 0 fully saturated rings. The number of ether oxygens (including phenoxy) is 1. The van der Waals surface area contributed by atoms with Crippen molar-refractivity contribution in [1.82, 2.24) is 0 Å². The highest BCUT2D eigenvalue weighted by Gasteiger charge is 2.10. The van der Waals surface area contributed by atoms with E-state index in [1.165, 1.54) is 5.56 Å². The third-order valence-electron chi connectivity index (χ3n) is 4.99. The molecule has 34 heavy (non-hydrogen) atoms. The maximum absolute atomic E-state index is 12.5. The van der Waals surface area contributed by atoms with Crippen LogP contribution in [0.1, 0.15) is 41.6 Å². The number of esters is 1. The van der Waals surface area contributed by atoms with Gasteiger partial charge in [0, 0.05) is 34.8 Å². The van der Waals surface area contributed by atoms with Gasteiger partial charge in [0.15, 0.2) is 0 Å². The third-order valence-corrected chi connectivity index (χ3v) is 5.23. The summed E-state index contributed by atoms with van der Waals surface area (Å²) in [6.45, 7) is 0.365. The number of hydrogen-bond donors (Lipinski definition) is 2. The summed E-state index contributed by atoms with van der Waals surface area (Å²) >= 11 is 5.94. The Morgan fingerprint density at radius 1 is 0.765 bits per heavy atom. The minimum absolute atomic E-state index is 0.179. The Morgan fingerprint density at radius 3 is 2.26 bits per heavy atom. The highest BCUT2D eigenvalue weighted by atomic mass is 35.5. The molecular formula is C27H27ClN2O4. The lowest BCUT2D eigenvalue weighted by Gasteiger charge is -2.09. The summed E-state index contributed by atoms with van der Waals surface area (Å²) in [5, 5.41) is 6.05. The molecule has 2 amide bonds. The molecule has 2 N–H and O–H groups in total. The minimum atomic E-state index is -0.312. The van der Waals surface area contributed by atoms with Crippen molar-refractivity contribution < 1.29 is 19.1 Å². The number of amides is 2. The normalized spacial score (nSPS) is 10.4. The van der Waals surface area contributed by atoms with Crippen LogP contribution in [0.25, 0.3) is 0 Å². The highest BCUT2D eigenvalue weighted by Crippen LogP contribution is 2.17. The predicted molar refractivity (Wildman–Crippen MR) is 134 cm³/mol. The Hall–Kier alpha value is -3.64. The summed E-state index contributed by atoms with van der Waals surface area (Å²) in [6.07, 6.45) is 2.36.